The highest BCUT2D eigenvalue weighted by atomic mass is 16.4. The molecule has 1 aliphatic heterocycles. The van der Waals surface area contributed by atoms with Crippen LogP contribution in [0.4, 0.5) is 10.5 Å². The molecule has 1 atom stereocenters. The number of carbonyl (C=O) groups excluding carboxylic acids is 2. The van der Waals surface area contributed by atoms with Crippen molar-refractivity contribution in [3.8, 4) is 0 Å². The second kappa shape index (κ2) is 5.55. The summed E-state index contributed by atoms with van der Waals surface area (Å²) in [6.07, 6.45) is 0.735. The van der Waals surface area contributed by atoms with E-state index in [0.717, 1.165) is 6.42 Å². The number of H-pyrrole nitrogens is 1. The predicted octanol–water partition coefficient (Wildman–Crippen LogP) is 0.863. The molecule has 2 aromatic rings. The maximum atomic E-state index is 12.2. The molecule has 116 valence electrons. The van der Waals surface area contributed by atoms with E-state index in [9.17, 15) is 14.4 Å². The van der Waals surface area contributed by atoms with Crippen LogP contribution in [0.5, 0.6) is 0 Å². The largest absolute Gasteiger partial charge is 0.417 e. The number of rotatable bonds is 2. The third-order valence-corrected chi connectivity index (χ3v) is 3.56. The second-order valence-electron chi connectivity index (χ2n) is 5.29. The molecule has 0 bridgehead atoms. The maximum Gasteiger partial charge on any atom is 0.417 e. The second-order valence-corrected chi connectivity index (χ2v) is 5.29. The van der Waals surface area contributed by atoms with Gasteiger partial charge in [-0.2, -0.15) is 0 Å². The third-order valence-electron chi connectivity index (χ3n) is 3.56. The molecule has 3 amide bonds. The fourth-order valence-electron chi connectivity index (χ4n) is 2.58. The van der Waals surface area contributed by atoms with Gasteiger partial charge in [0.15, 0.2) is 5.58 Å². The lowest BCUT2D eigenvalue weighted by Gasteiger charge is -2.17. The van der Waals surface area contributed by atoms with Crippen LogP contribution in [-0.2, 0) is 4.79 Å². The number of oxazole rings is 1. The summed E-state index contributed by atoms with van der Waals surface area (Å²) in [4.78, 5) is 38.5. The van der Waals surface area contributed by atoms with Gasteiger partial charge in [-0.1, -0.05) is 0 Å². The zero-order valence-corrected chi connectivity index (χ0v) is 12.0. The van der Waals surface area contributed by atoms with Gasteiger partial charge in [-0.15, -0.1) is 0 Å². The molecule has 8 heteroatoms. The van der Waals surface area contributed by atoms with Crippen LogP contribution in [0, 0.1) is 0 Å². The van der Waals surface area contributed by atoms with Gasteiger partial charge < -0.3 is 20.0 Å². The third kappa shape index (κ3) is 2.95. The Hall–Kier alpha value is -2.77. The molecule has 0 saturated carbocycles. The van der Waals surface area contributed by atoms with Gasteiger partial charge in [0.25, 0.3) is 0 Å². The first-order valence-electron chi connectivity index (χ1n) is 6.97. The standard InChI is InChI=1S/C14H16N4O4/c1-8(19)15-10-4-5-18(7-10)13(20)16-9-2-3-11-12(6-9)22-14(21)17-11/h2-3,6,10H,4-5,7H2,1H3,(H,15,19)(H,16,20)(H,17,21). The molecule has 8 nitrogen and oxygen atoms in total. The maximum absolute atomic E-state index is 12.2. The van der Waals surface area contributed by atoms with Crippen molar-refractivity contribution in [1.82, 2.24) is 15.2 Å². The number of amides is 3. The number of nitrogens with one attached hydrogen (secondary N) is 3. The first-order chi connectivity index (χ1) is 10.5. The van der Waals surface area contributed by atoms with Crippen LogP contribution in [0.15, 0.2) is 27.4 Å². The highest BCUT2D eigenvalue weighted by Crippen LogP contribution is 2.18. The molecular formula is C14H16N4O4. The number of anilines is 1. The minimum absolute atomic E-state index is 0.00609. The van der Waals surface area contributed by atoms with E-state index in [2.05, 4.69) is 15.6 Å². The SMILES string of the molecule is CC(=O)NC1CCN(C(=O)Nc2ccc3[nH]c(=O)oc3c2)C1. The first-order valence-corrected chi connectivity index (χ1v) is 6.97. The lowest BCUT2D eigenvalue weighted by molar-refractivity contribution is -0.119. The molecule has 3 N–H and O–H groups in total. The van der Waals surface area contributed by atoms with Crippen molar-refractivity contribution >= 4 is 28.7 Å². The van der Waals surface area contributed by atoms with Gasteiger partial charge in [-0.05, 0) is 18.6 Å². The molecule has 1 aliphatic rings. The van der Waals surface area contributed by atoms with Crippen LogP contribution in [0.2, 0.25) is 0 Å². The van der Waals surface area contributed by atoms with Crippen LogP contribution in [0.25, 0.3) is 11.1 Å². The Morgan fingerprint density at radius 1 is 1.41 bits per heavy atom. The van der Waals surface area contributed by atoms with Crippen LogP contribution in [-0.4, -0.2) is 41.0 Å². The van der Waals surface area contributed by atoms with Crippen LogP contribution < -0.4 is 16.4 Å². The van der Waals surface area contributed by atoms with E-state index in [1.54, 1.807) is 23.1 Å². The smallest absolute Gasteiger partial charge is 0.408 e. The molecular weight excluding hydrogens is 288 g/mol. The molecule has 0 aliphatic carbocycles. The van der Waals surface area contributed by atoms with E-state index >= 15 is 0 Å². The molecule has 1 aromatic heterocycles. The van der Waals surface area contributed by atoms with Crippen molar-refractivity contribution in [1.29, 1.82) is 0 Å². The number of aromatic amines is 1. The van der Waals surface area contributed by atoms with Crippen LogP contribution in [0.1, 0.15) is 13.3 Å². The molecule has 0 spiro atoms. The van der Waals surface area contributed by atoms with E-state index in [1.807, 2.05) is 0 Å². The number of fused-ring (bicyclic) bond motifs is 1. The van der Waals surface area contributed by atoms with Gasteiger partial charge >= 0.3 is 11.8 Å². The summed E-state index contributed by atoms with van der Waals surface area (Å²) >= 11 is 0. The highest BCUT2D eigenvalue weighted by molar-refractivity contribution is 5.91. The summed E-state index contributed by atoms with van der Waals surface area (Å²) in [7, 11) is 0. The Kier molecular flexibility index (Phi) is 3.58. The minimum Gasteiger partial charge on any atom is -0.408 e. The Morgan fingerprint density at radius 3 is 3.00 bits per heavy atom. The zero-order chi connectivity index (χ0) is 15.7. The topological polar surface area (TPSA) is 107 Å². The molecule has 22 heavy (non-hydrogen) atoms. The Balaban J connectivity index is 1.65. The Morgan fingerprint density at radius 2 is 2.23 bits per heavy atom. The lowest BCUT2D eigenvalue weighted by Crippen LogP contribution is -2.38. The molecule has 3 rings (SSSR count). The monoisotopic (exact) mass is 304 g/mol. The molecule has 0 radical (unpaired) electrons. The fourth-order valence-corrected chi connectivity index (χ4v) is 2.58. The van der Waals surface area contributed by atoms with Crippen LogP contribution >= 0.6 is 0 Å². The zero-order valence-electron chi connectivity index (χ0n) is 12.0. The van der Waals surface area contributed by atoms with Crippen molar-refractivity contribution in [3.63, 3.8) is 0 Å². The minimum atomic E-state index is -0.531. The van der Waals surface area contributed by atoms with Gasteiger partial charge in [0.1, 0.15) is 0 Å². The van der Waals surface area contributed by atoms with Gasteiger partial charge in [0.05, 0.1) is 5.52 Å². The number of hydrogen-bond donors (Lipinski definition) is 3. The summed E-state index contributed by atoms with van der Waals surface area (Å²) < 4.78 is 4.95. The van der Waals surface area contributed by atoms with E-state index in [1.165, 1.54) is 6.92 Å². The molecule has 1 aromatic carbocycles. The molecule has 1 unspecified atom stereocenters. The fraction of sp³-hybridized carbons (Fsp3) is 0.357. The number of urea groups is 1. The predicted molar refractivity (Wildman–Crippen MR) is 79.6 cm³/mol. The van der Waals surface area contributed by atoms with Crippen LogP contribution in [0.3, 0.4) is 0 Å². The van der Waals surface area contributed by atoms with Crippen molar-refractivity contribution < 1.29 is 14.0 Å². The lowest BCUT2D eigenvalue weighted by atomic mass is 10.2. The van der Waals surface area contributed by atoms with Crippen molar-refractivity contribution in [2.24, 2.45) is 0 Å². The quantitative estimate of drug-likeness (QED) is 0.765. The number of aromatic nitrogens is 1. The average molecular weight is 304 g/mol. The van der Waals surface area contributed by atoms with Crippen molar-refractivity contribution in [3.05, 3.63) is 28.7 Å². The number of benzene rings is 1. The van der Waals surface area contributed by atoms with Gasteiger partial charge in [-0.25, -0.2) is 9.59 Å². The van der Waals surface area contributed by atoms with E-state index < -0.39 is 5.76 Å². The van der Waals surface area contributed by atoms with Gasteiger partial charge in [0.2, 0.25) is 5.91 Å². The summed E-state index contributed by atoms with van der Waals surface area (Å²) in [5, 5.41) is 5.56. The molecule has 1 fully saturated rings. The molecule has 2 heterocycles. The Bertz CT molecular complexity index is 778. The van der Waals surface area contributed by atoms with E-state index in [4.69, 9.17) is 4.42 Å². The first kappa shape index (κ1) is 14.2. The average Bonchev–Trinajstić information content (AvgIpc) is 3.03. The summed E-state index contributed by atoms with van der Waals surface area (Å²) in [5.74, 6) is -0.628. The number of likely N-dealkylation sites (tertiary alicyclic amines) is 1. The van der Waals surface area contributed by atoms with Crippen molar-refractivity contribution in [2.45, 2.75) is 19.4 Å². The number of hydrogen-bond acceptors (Lipinski definition) is 4. The highest BCUT2D eigenvalue weighted by Gasteiger charge is 2.26. The summed E-state index contributed by atoms with van der Waals surface area (Å²) in [6, 6.07) is 4.69. The Labute approximate surface area is 125 Å². The number of carbonyl (C=O) groups is 2. The van der Waals surface area contributed by atoms with Gasteiger partial charge in [-0.3, -0.25) is 9.78 Å². The summed E-state index contributed by atoms with van der Waals surface area (Å²) in [6.45, 7) is 2.52. The van der Waals surface area contributed by atoms with E-state index in [-0.39, 0.29) is 18.0 Å². The van der Waals surface area contributed by atoms with Crippen molar-refractivity contribution in [2.75, 3.05) is 18.4 Å². The number of nitrogens with zero attached hydrogens (tertiary/aromatic N) is 1. The summed E-state index contributed by atoms with van der Waals surface area (Å²) in [5.41, 5.74) is 1.51. The molecule has 1 saturated heterocycles. The normalized spacial score (nSPS) is 17.7. The van der Waals surface area contributed by atoms with Gasteiger partial charge in [0, 0.05) is 37.8 Å². The van der Waals surface area contributed by atoms with E-state index in [0.29, 0.717) is 29.9 Å².